The van der Waals surface area contributed by atoms with Crippen LogP contribution >= 0.6 is 22.6 Å². The van der Waals surface area contributed by atoms with E-state index in [0.717, 1.165) is 14.7 Å². The highest BCUT2D eigenvalue weighted by Crippen LogP contribution is 2.29. The highest BCUT2D eigenvalue weighted by molar-refractivity contribution is 14.1. The summed E-state index contributed by atoms with van der Waals surface area (Å²) in [5.41, 5.74) is 1.55. The van der Waals surface area contributed by atoms with E-state index in [1.807, 2.05) is 36.4 Å². The Balaban J connectivity index is 1.44. The van der Waals surface area contributed by atoms with Crippen molar-refractivity contribution in [3.8, 4) is 11.4 Å². The third-order valence-corrected chi connectivity index (χ3v) is 4.92. The molecule has 1 fully saturated rings. The molecule has 1 aliphatic heterocycles. The Hall–Kier alpha value is -2.29. The van der Waals surface area contributed by atoms with E-state index in [0.29, 0.717) is 24.8 Å². The Bertz CT molecular complexity index is 875. The van der Waals surface area contributed by atoms with E-state index < -0.39 is 0 Å². The maximum absolute atomic E-state index is 12.5. The third kappa shape index (κ3) is 2.79. The van der Waals surface area contributed by atoms with Gasteiger partial charge in [-0.25, -0.2) is 0 Å². The van der Waals surface area contributed by atoms with Crippen LogP contribution in [0.5, 0.6) is 0 Å². The van der Waals surface area contributed by atoms with Crippen LogP contribution in [-0.2, 0) is 0 Å². The normalized spacial score (nSPS) is 14.5. The number of likely N-dealkylation sites (tertiary alicyclic amines) is 1. The second-order valence-electron chi connectivity index (χ2n) is 5.58. The fraction of sp³-hybridized carbons (Fsp3) is 0.176. The zero-order chi connectivity index (χ0) is 16.5. The van der Waals surface area contributed by atoms with Crippen LogP contribution in [-0.4, -0.2) is 39.0 Å². The maximum Gasteiger partial charge on any atom is 0.254 e. The summed E-state index contributed by atoms with van der Waals surface area (Å²) in [6, 6.07) is 11.3. The molecule has 1 aromatic carbocycles. The van der Waals surface area contributed by atoms with Crippen LogP contribution < -0.4 is 0 Å². The first-order chi connectivity index (χ1) is 11.7. The monoisotopic (exact) mass is 432 g/mol. The van der Waals surface area contributed by atoms with Crippen molar-refractivity contribution in [2.45, 2.75) is 5.92 Å². The lowest BCUT2D eigenvalue weighted by atomic mass is 9.99. The molecule has 4 rings (SSSR count). The molecule has 0 atom stereocenters. The third-order valence-electron chi connectivity index (χ3n) is 3.98. The number of hydrogen-bond acceptors (Lipinski definition) is 5. The summed E-state index contributed by atoms with van der Waals surface area (Å²) in [5.74, 6) is 1.23. The number of hydrogen-bond donors (Lipinski definition) is 0. The lowest BCUT2D eigenvalue weighted by Crippen LogP contribution is -2.48. The van der Waals surface area contributed by atoms with Crippen LogP contribution in [0.3, 0.4) is 0 Å². The van der Waals surface area contributed by atoms with E-state index in [4.69, 9.17) is 4.52 Å². The highest BCUT2D eigenvalue weighted by atomic mass is 127. The second kappa shape index (κ2) is 6.31. The van der Waals surface area contributed by atoms with Crippen molar-refractivity contribution < 1.29 is 9.32 Å². The topological polar surface area (TPSA) is 72.1 Å². The van der Waals surface area contributed by atoms with Crippen LogP contribution in [0, 0.1) is 3.57 Å². The van der Waals surface area contributed by atoms with Crippen LogP contribution in [0.4, 0.5) is 0 Å². The van der Waals surface area contributed by atoms with Crippen LogP contribution in [0.1, 0.15) is 22.2 Å². The first kappa shape index (κ1) is 15.3. The molecule has 0 saturated carbocycles. The fourth-order valence-electron chi connectivity index (χ4n) is 2.62. The van der Waals surface area contributed by atoms with E-state index in [1.54, 1.807) is 17.3 Å². The van der Waals surface area contributed by atoms with Gasteiger partial charge < -0.3 is 9.42 Å². The number of benzene rings is 1. The summed E-state index contributed by atoms with van der Waals surface area (Å²) in [5, 5.41) is 4.00. The number of nitrogens with zero attached hydrogens (tertiary/aromatic N) is 4. The molecule has 1 aliphatic rings. The summed E-state index contributed by atoms with van der Waals surface area (Å²) >= 11 is 2.18. The number of amides is 1. The van der Waals surface area contributed by atoms with Gasteiger partial charge in [-0.15, -0.1) is 0 Å². The number of aromatic nitrogens is 3. The number of halogens is 1. The minimum absolute atomic E-state index is 0.0447. The van der Waals surface area contributed by atoms with Gasteiger partial charge in [0.25, 0.3) is 5.91 Å². The SMILES string of the molecule is O=C(c1ccccc1I)N1CC(c2nc(-c3cccnc3)no2)C1. The summed E-state index contributed by atoms with van der Waals surface area (Å²) in [6.45, 7) is 1.19. The largest absolute Gasteiger partial charge is 0.339 e. The minimum Gasteiger partial charge on any atom is -0.339 e. The predicted octanol–water partition coefficient (Wildman–Crippen LogP) is 2.98. The number of carbonyl (C=O) groups is 1. The molecule has 6 nitrogen and oxygen atoms in total. The van der Waals surface area contributed by atoms with E-state index in [2.05, 4.69) is 37.7 Å². The zero-order valence-electron chi connectivity index (χ0n) is 12.6. The Morgan fingerprint density at radius 2 is 2.04 bits per heavy atom. The fourth-order valence-corrected chi connectivity index (χ4v) is 3.24. The maximum atomic E-state index is 12.5. The molecular formula is C17H13IN4O2. The summed E-state index contributed by atoms with van der Waals surface area (Å²) in [6.07, 6.45) is 3.40. The van der Waals surface area contributed by atoms with E-state index in [1.165, 1.54) is 0 Å². The van der Waals surface area contributed by atoms with Gasteiger partial charge in [0.05, 0.1) is 11.5 Å². The van der Waals surface area contributed by atoms with Gasteiger partial charge in [-0.3, -0.25) is 9.78 Å². The molecule has 24 heavy (non-hydrogen) atoms. The Kier molecular flexibility index (Phi) is 4.01. The highest BCUT2D eigenvalue weighted by Gasteiger charge is 2.36. The van der Waals surface area contributed by atoms with E-state index in [-0.39, 0.29) is 11.8 Å². The molecule has 0 radical (unpaired) electrons. The standard InChI is InChI=1S/C17H13IN4O2/c18-14-6-2-1-5-13(14)17(23)22-9-12(10-22)16-20-15(21-24-16)11-4-3-7-19-8-11/h1-8,12H,9-10H2. The molecule has 0 N–H and O–H groups in total. The van der Waals surface area contributed by atoms with Crippen molar-refractivity contribution in [3.05, 3.63) is 63.8 Å². The van der Waals surface area contributed by atoms with Gasteiger partial charge in [0, 0.05) is 34.6 Å². The minimum atomic E-state index is 0.0447. The Morgan fingerprint density at radius 3 is 2.79 bits per heavy atom. The smallest absolute Gasteiger partial charge is 0.254 e. The first-order valence-electron chi connectivity index (χ1n) is 7.50. The molecule has 1 saturated heterocycles. The summed E-state index contributed by atoms with van der Waals surface area (Å²) in [7, 11) is 0. The lowest BCUT2D eigenvalue weighted by Gasteiger charge is -2.37. The Labute approximate surface area is 152 Å². The van der Waals surface area contributed by atoms with Crippen molar-refractivity contribution >= 4 is 28.5 Å². The van der Waals surface area contributed by atoms with Crippen LogP contribution in [0.2, 0.25) is 0 Å². The number of rotatable bonds is 3. The molecule has 0 bridgehead atoms. The van der Waals surface area contributed by atoms with Gasteiger partial charge >= 0.3 is 0 Å². The van der Waals surface area contributed by atoms with Crippen LogP contribution in [0.25, 0.3) is 11.4 Å². The van der Waals surface area contributed by atoms with Gasteiger partial charge in [-0.1, -0.05) is 17.3 Å². The van der Waals surface area contributed by atoms with Gasteiger partial charge in [0.1, 0.15) is 0 Å². The summed E-state index contributed by atoms with van der Waals surface area (Å²) in [4.78, 5) is 22.8. The van der Waals surface area contributed by atoms with Gasteiger partial charge in [-0.05, 0) is 46.9 Å². The van der Waals surface area contributed by atoms with Gasteiger partial charge in [-0.2, -0.15) is 4.98 Å². The van der Waals surface area contributed by atoms with Crippen molar-refractivity contribution in [1.29, 1.82) is 0 Å². The summed E-state index contributed by atoms with van der Waals surface area (Å²) < 4.78 is 6.31. The first-order valence-corrected chi connectivity index (χ1v) is 8.58. The number of pyridine rings is 1. The van der Waals surface area contributed by atoms with Gasteiger partial charge in [0.2, 0.25) is 11.7 Å². The molecule has 0 spiro atoms. The van der Waals surface area contributed by atoms with Crippen LogP contribution in [0.15, 0.2) is 53.3 Å². The molecular weight excluding hydrogens is 419 g/mol. The zero-order valence-corrected chi connectivity index (χ0v) is 14.8. The molecule has 2 aromatic heterocycles. The van der Waals surface area contributed by atoms with Crippen molar-refractivity contribution in [2.24, 2.45) is 0 Å². The van der Waals surface area contributed by atoms with Crippen molar-refractivity contribution in [2.75, 3.05) is 13.1 Å². The van der Waals surface area contributed by atoms with Crippen molar-refractivity contribution in [1.82, 2.24) is 20.0 Å². The molecule has 0 unspecified atom stereocenters. The molecule has 3 aromatic rings. The quantitative estimate of drug-likeness (QED) is 0.596. The molecule has 0 aliphatic carbocycles. The van der Waals surface area contributed by atoms with Crippen molar-refractivity contribution in [3.63, 3.8) is 0 Å². The molecule has 7 heteroatoms. The molecule has 1 amide bonds. The van der Waals surface area contributed by atoms with E-state index >= 15 is 0 Å². The van der Waals surface area contributed by atoms with E-state index in [9.17, 15) is 4.79 Å². The molecule has 3 heterocycles. The lowest BCUT2D eigenvalue weighted by molar-refractivity contribution is 0.0568. The second-order valence-corrected chi connectivity index (χ2v) is 6.75. The Morgan fingerprint density at radius 1 is 1.21 bits per heavy atom. The average Bonchev–Trinajstić information content (AvgIpc) is 3.04. The predicted molar refractivity (Wildman–Crippen MR) is 95.3 cm³/mol. The van der Waals surface area contributed by atoms with Gasteiger partial charge in [0.15, 0.2) is 0 Å². The number of carbonyl (C=O) groups excluding carboxylic acids is 1. The average molecular weight is 432 g/mol. The molecule has 120 valence electrons.